The summed E-state index contributed by atoms with van der Waals surface area (Å²) in [6.07, 6.45) is 0.0878. The predicted octanol–water partition coefficient (Wildman–Crippen LogP) is -0.802. The molecule has 0 atom stereocenters. The van der Waals surface area contributed by atoms with Crippen molar-refractivity contribution in [1.29, 1.82) is 0 Å². The van der Waals surface area contributed by atoms with E-state index in [1.165, 1.54) is 21.3 Å². The minimum absolute atomic E-state index is 0.0878. The molecule has 0 unspecified atom stereocenters. The van der Waals surface area contributed by atoms with E-state index >= 15 is 0 Å². The van der Waals surface area contributed by atoms with E-state index in [0.717, 1.165) is 4.90 Å². The molecule has 0 rings (SSSR count). The van der Waals surface area contributed by atoms with Crippen LogP contribution in [-0.4, -0.2) is 63.8 Å². The molecule has 0 saturated heterocycles. The molecule has 0 aromatic heterocycles. The van der Waals surface area contributed by atoms with Crippen molar-refractivity contribution in [2.75, 3.05) is 41.0 Å². The Kier molecular flexibility index (Phi) is 7.70. The number of ether oxygens (including phenoxy) is 3. The number of methoxy groups -OCH3 is 3. The SMILES string of the molecule is COCCC(=O)N(CC(=O)OC)CC(=O)OC. The van der Waals surface area contributed by atoms with Crippen molar-refractivity contribution in [3.8, 4) is 0 Å². The van der Waals surface area contributed by atoms with Gasteiger partial charge in [0.05, 0.1) is 27.2 Å². The van der Waals surface area contributed by atoms with E-state index in [0.29, 0.717) is 0 Å². The Labute approximate surface area is 99.6 Å². The smallest absolute Gasteiger partial charge is 0.325 e. The van der Waals surface area contributed by atoms with Crippen molar-refractivity contribution < 1.29 is 28.6 Å². The second-order valence-electron chi connectivity index (χ2n) is 3.14. The van der Waals surface area contributed by atoms with Gasteiger partial charge in [-0.3, -0.25) is 14.4 Å². The lowest BCUT2D eigenvalue weighted by Gasteiger charge is -2.19. The van der Waals surface area contributed by atoms with Gasteiger partial charge >= 0.3 is 11.9 Å². The van der Waals surface area contributed by atoms with Crippen molar-refractivity contribution >= 4 is 17.8 Å². The molecule has 0 heterocycles. The molecule has 0 fully saturated rings. The molecule has 7 nitrogen and oxygen atoms in total. The third kappa shape index (κ3) is 6.52. The van der Waals surface area contributed by atoms with Crippen LogP contribution in [0.4, 0.5) is 0 Å². The Bertz CT molecular complexity index is 260. The highest BCUT2D eigenvalue weighted by Gasteiger charge is 2.20. The molecular weight excluding hydrogens is 230 g/mol. The number of hydrogen-bond acceptors (Lipinski definition) is 6. The molecule has 0 N–H and O–H groups in total. The van der Waals surface area contributed by atoms with Gasteiger partial charge < -0.3 is 19.1 Å². The summed E-state index contributed by atoms with van der Waals surface area (Å²) < 4.78 is 13.6. The van der Waals surface area contributed by atoms with E-state index in [4.69, 9.17) is 4.74 Å². The number of esters is 2. The van der Waals surface area contributed by atoms with E-state index in [1.807, 2.05) is 0 Å². The van der Waals surface area contributed by atoms with Gasteiger partial charge in [0.2, 0.25) is 5.91 Å². The summed E-state index contributed by atoms with van der Waals surface area (Å²) in [5.74, 6) is -1.57. The van der Waals surface area contributed by atoms with Gasteiger partial charge in [-0.1, -0.05) is 0 Å². The molecule has 0 radical (unpaired) electrons. The van der Waals surface area contributed by atoms with Gasteiger partial charge in [-0.05, 0) is 0 Å². The monoisotopic (exact) mass is 247 g/mol. The second-order valence-corrected chi connectivity index (χ2v) is 3.14. The van der Waals surface area contributed by atoms with E-state index in [-0.39, 0.29) is 32.0 Å². The van der Waals surface area contributed by atoms with Gasteiger partial charge in [0.25, 0.3) is 0 Å². The summed E-state index contributed by atoms with van der Waals surface area (Å²) in [6, 6.07) is 0. The van der Waals surface area contributed by atoms with Crippen molar-refractivity contribution in [3.05, 3.63) is 0 Å². The van der Waals surface area contributed by atoms with Gasteiger partial charge in [0, 0.05) is 7.11 Å². The number of carbonyl (C=O) groups excluding carboxylic acids is 3. The third-order valence-electron chi connectivity index (χ3n) is 1.97. The van der Waals surface area contributed by atoms with Crippen LogP contribution in [0.1, 0.15) is 6.42 Å². The first-order valence-corrected chi connectivity index (χ1v) is 4.95. The van der Waals surface area contributed by atoms with Crippen LogP contribution < -0.4 is 0 Å². The highest BCUT2D eigenvalue weighted by atomic mass is 16.5. The molecule has 0 aromatic rings. The first kappa shape index (κ1) is 15.4. The summed E-state index contributed by atoms with van der Waals surface area (Å²) in [4.78, 5) is 34.8. The van der Waals surface area contributed by atoms with Crippen LogP contribution in [0.5, 0.6) is 0 Å². The molecule has 7 heteroatoms. The van der Waals surface area contributed by atoms with Crippen molar-refractivity contribution in [2.24, 2.45) is 0 Å². The van der Waals surface area contributed by atoms with Gasteiger partial charge in [-0.2, -0.15) is 0 Å². The molecule has 17 heavy (non-hydrogen) atoms. The fourth-order valence-electron chi connectivity index (χ4n) is 1.02. The molecule has 0 aromatic carbocycles. The lowest BCUT2D eigenvalue weighted by Crippen LogP contribution is -2.40. The number of carbonyl (C=O) groups is 3. The normalized spacial score (nSPS) is 9.59. The fraction of sp³-hybridized carbons (Fsp3) is 0.700. The highest BCUT2D eigenvalue weighted by molar-refractivity contribution is 5.86. The molecule has 0 saturated carbocycles. The largest absolute Gasteiger partial charge is 0.468 e. The zero-order valence-electron chi connectivity index (χ0n) is 10.2. The van der Waals surface area contributed by atoms with E-state index in [9.17, 15) is 14.4 Å². The molecule has 0 aliphatic carbocycles. The average molecular weight is 247 g/mol. The number of rotatable bonds is 7. The first-order valence-electron chi connectivity index (χ1n) is 4.95. The minimum Gasteiger partial charge on any atom is -0.468 e. The summed E-state index contributed by atoms with van der Waals surface area (Å²) >= 11 is 0. The molecular formula is C10H17NO6. The number of nitrogens with zero attached hydrogens (tertiary/aromatic N) is 1. The number of hydrogen-bond donors (Lipinski definition) is 0. The van der Waals surface area contributed by atoms with Crippen LogP contribution in [0.2, 0.25) is 0 Å². The zero-order chi connectivity index (χ0) is 13.3. The van der Waals surface area contributed by atoms with Gasteiger partial charge in [-0.25, -0.2) is 0 Å². The maximum absolute atomic E-state index is 11.6. The Morgan fingerprint density at radius 2 is 1.41 bits per heavy atom. The van der Waals surface area contributed by atoms with Crippen LogP contribution in [0.25, 0.3) is 0 Å². The summed E-state index contributed by atoms with van der Waals surface area (Å²) in [6.45, 7) is -0.347. The van der Waals surface area contributed by atoms with Gasteiger partial charge in [0.1, 0.15) is 13.1 Å². The quantitative estimate of drug-likeness (QED) is 0.548. The number of amides is 1. The maximum atomic E-state index is 11.6. The van der Waals surface area contributed by atoms with Crippen LogP contribution in [0, 0.1) is 0 Å². The standard InChI is InChI=1S/C10H17NO6/c1-15-5-4-8(12)11(6-9(13)16-2)7-10(14)17-3/h4-7H2,1-3H3. The fourth-order valence-corrected chi connectivity index (χ4v) is 1.02. The van der Waals surface area contributed by atoms with Crippen molar-refractivity contribution in [1.82, 2.24) is 4.90 Å². The maximum Gasteiger partial charge on any atom is 0.325 e. The van der Waals surface area contributed by atoms with Crippen LogP contribution in [-0.2, 0) is 28.6 Å². The van der Waals surface area contributed by atoms with Crippen LogP contribution in [0.3, 0.4) is 0 Å². The molecule has 0 aliphatic rings. The lowest BCUT2D eigenvalue weighted by atomic mass is 10.3. The van der Waals surface area contributed by atoms with E-state index in [2.05, 4.69) is 9.47 Å². The molecule has 0 spiro atoms. The summed E-state index contributed by atoms with van der Waals surface area (Å²) in [5, 5.41) is 0. The summed E-state index contributed by atoms with van der Waals surface area (Å²) in [5.41, 5.74) is 0. The van der Waals surface area contributed by atoms with Crippen LogP contribution >= 0.6 is 0 Å². The summed E-state index contributed by atoms with van der Waals surface area (Å²) in [7, 11) is 3.87. The average Bonchev–Trinajstić information content (AvgIpc) is 2.34. The van der Waals surface area contributed by atoms with E-state index < -0.39 is 11.9 Å². The second kappa shape index (κ2) is 8.51. The molecule has 0 aliphatic heterocycles. The Balaban J connectivity index is 4.42. The highest BCUT2D eigenvalue weighted by Crippen LogP contribution is 1.97. The third-order valence-corrected chi connectivity index (χ3v) is 1.97. The molecule has 98 valence electrons. The Morgan fingerprint density at radius 3 is 1.76 bits per heavy atom. The van der Waals surface area contributed by atoms with Crippen molar-refractivity contribution in [2.45, 2.75) is 6.42 Å². The molecule has 1 amide bonds. The van der Waals surface area contributed by atoms with Crippen molar-refractivity contribution in [3.63, 3.8) is 0 Å². The minimum atomic E-state index is -0.598. The van der Waals surface area contributed by atoms with E-state index in [1.54, 1.807) is 0 Å². The first-order chi connectivity index (χ1) is 8.04. The molecule has 0 bridgehead atoms. The van der Waals surface area contributed by atoms with Gasteiger partial charge in [-0.15, -0.1) is 0 Å². The lowest BCUT2D eigenvalue weighted by molar-refractivity contribution is -0.152. The topological polar surface area (TPSA) is 82.1 Å². The Morgan fingerprint density at radius 1 is 0.941 bits per heavy atom. The zero-order valence-corrected chi connectivity index (χ0v) is 10.2. The van der Waals surface area contributed by atoms with Gasteiger partial charge in [0.15, 0.2) is 0 Å². The Hall–Kier alpha value is -1.63. The van der Waals surface area contributed by atoms with Crippen LogP contribution in [0.15, 0.2) is 0 Å². The predicted molar refractivity (Wildman–Crippen MR) is 57.1 cm³/mol.